The van der Waals surface area contributed by atoms with E-state index in [1.165, 1.54) is 11.4 Å². The Bertz CT molecular complexity index is 987. The number of anilines is 1. The van der Waals surface area contributed by atoms with E-state index in [4.69, 9.17) is 15.4 Å². The van der Waals surface area contributed by atoms with Crippen molar-refractivity contribution in [3.8, 4) is 12.1 Å². The lowest BCUT2D eigenvalue weighted by molar-refractivity contribution is -0.182. The predicted molar refractivity (Wildman–Crippen MR) is 103 cm³/mol. The van der Waals surface area contributed by atoms with Crippen molar-refractivity contribution in [3.05, 3.63) is 53.5 Å². The Hall–Kier alpha value is -3.49. The maximum absolute atomic E-state index is 13.1. The van der Waals surface area contributed by atoms with Gasteiger partial charge < -0.3 is 4.90 Å². The van der Waals surface area contributed by atoms with E-state index in [0.29, 0.717) is 49.6 Å². The molecule has 0 saturated carbocycles. The monoisotopic (exact) mass is 388 g/mol. The van der Waals surface area contributed by atoms with Gasteiger partial charge in [0.1, 0.15) is 23.9 Å². The number of rotatable bonds is 3. The Kier molecular flexibility index (Phi) is 5.37. The summed E-state index contributed by atoms with van der Waals surface area (Å²) in [6.07, 6.45) is 3.49. The zero-order valence-corrected chi connectivity index (χ0v) is 15.9. The highest BCUT2D eigenvalue weighted by Gasteiger charge is 2.37. The number of amides is 1. The summed E-state index contributed by atoms with van der Waals surface area (Å²) in [7, 11) is 0. The molecule has 2 aromatic rings. The van der Waals surface area contributed by atoms with Crippen LogP contribution in [0.4, 0.5) is 5.82 Å². The highest BCUT2D eigenvalue weighted by atomic mass is 16.7. The summed E-state index contributed by atoms with van der Waals surface area (Å²) >= 11 is 0. The van der Waals surface area contributed by atoms with Crippen molar-refractivity contribution in [1.29, 1.82) is 10.5 Å². The number of nitrogens with zero attached hydrogens (tertiary/aromatic N) is 6. The second-order valence-electron chi connectivity index (χ2n) is 7.17. The summed E-state index contributed by atoms with van der Waals surface area (Å²) in [6.45, 7) is 1.85. The third-order valence-corrected chi connectivity index (χ3v) is 5.46. The molecule has 0 N–H and O–H groups in total. The molecule has 0 spiro atoms. The van der Waals surface area contributed by atoms with Crippen LogP contribution < -0.4 is 4.90 Å². The van der Waals surface area contributed by atoms with Crippen LogP contribution in [0.25, 0.3) is 0 Å². The van der Waals surface area contributed by atoms with E-state index < -0.39 is 0 Å². The summed E-state index contributed by atoms with van der Waals surface area (Å²) in [6, 6.07) is 13.0. The van der Waals surface area contributed by atoms with Crippen LogP contribution in [0.2, 0.25) is 0 Å². The molecule has 3 heterocycles. The van der Waals surface area contributed by atoms with E-state index in [2.05, 4.69) is 20.9 Å². The van der Waals surface area contributed by atoms with Crippen molar-refractivity contribution in [2.24, 2.45) is 5.92 Å². The average Bonchev–Trinajstić information content (AvgIpc) is 3.29. The van der Waals surface area contributed by atoms with Gasteiger partial charge in [0.25, 0.3) is 0 Å². The van der Waals surface area contributed by atoms with Gasteiger partial charge in [0.15, 0.2) is 0 Å². The molecule has 1 aromatic heterocycles. The van der Waals surface area contributed by atoms with Gasteiger partial charge >= 0.3 is 0 Å². The zero-order valence-electron chi connectivity index (χ0n) is 15.9. The van der Waals surface area contributed by atoms with Gasteiger partial charge in [0.2, 0.25) is 5.91 Å². The highest BCUT2D eigenvalue weighted by Crippen LogP contribution is 2.34. The number of carbonyl (C=O) groups excluding carboxylic acids is 1. The quantitative estimate of drug-likeness (QED) is 0.794. The second kappa shape index (κ2) is 8.26. The van der Waals surface area contributed by atoms with Gasteiger partial charge in [-0.3, -0.25) is 9.63 Å². The Labute approximate surface area is 168 Å². The maximum Gasteiger partial charge on any atom is 0.249 e. The molecule has 1 aromatic carbocycles. The van der Waals surface area contributed by atoms with E-state index in [1.54, 1.807) is 12.1 Å². The summed E-state index contributed by atoms with van der Waals surface area (Å²) in [4.78, 5) is 29.0. The molecule has 4 rings (SSSR count). The van der Waals surface area contributed by atoms with Gasteiger partial charge in [0, 0.05) is 31.5 Å². The molecule has 0 unspecified atom stereocenters. The molecule has 8 heteroatoms. The largest absolute Gasteiger partial charge is 0.356 e. The fourth-order valence-electron chi connectivity index (χ4n) is 3.92. The van der Waals surface area contributed by atoms with Crippen molar-refractivity contribution >= 4 is 11.7 Å². The number of hydrogen-bond acceptors (Lipinski definition) is 7. The lowest BCUT2D eigenvalue weighted by atomic mass is 9.94. The average molecular weight is 388 g/mol. The minimum atomic E-state index is -0.158. The normalized spacial score (nSPS) is 19.6. The van der Waals surface area contributed by atoms with Crippen LogP contribution in [0.15, 0.2) is 36.7 Å². The molecular formula is C21H20N6O2. The Balaban J connectivity index is 1.42. The third-order valence-electron chi connectivity index (χ3n) is 5.46. The second-order valence-corrected chi connectivity index (χ2v) is 7.17. The standard InChI is InChI=1S/C21H20N6O2/c22-12-15-2-1-3-17(10-15)19-6-9-29-27(19)21(28)16-4-7-26(8-5-16)20-11-18(13-23)24-14-25-20/h1-3,10-11,14,16,19H,4-9H2/t19-/m0/s1. The molecule has 0 bridgehead atoms. The molecule has 0 aliphatic carbocycles. The minimum absolute atomic E-state index is 0.00471. The minimum Gasteiger partial charge on any atom is -0.356 e. The van der Waals surface area contributed by atoms with Crippen molar-refractivity contribution in [2.45, 2.75) is 25.3 Å². The Morgan fingerprint density at radius 1 is 1.10 bits per heavy atom. The van der Waals surface area contributed by atoms with Gasteiger partial charge in [-0.15, -0.1) is 0 Å². The molecule has 1 atom stereocenters. The first-order chi connectivity index (χ1) is 14.2. The topological polar surface area (TPSA) is 106 Å². The molecule has 2 aliphatic rings. The lowest BCUT2D eigenvalue weighted by Gasteiger charge is -2.34. The molecule has 1 amide bonds. The predicted octanol–water partition coefficient (Wildman–Crippen LogP) is 2.34. The van der Waals surface area contributed by atoms with Gasteiger partial charge in [-0.25, -0.2) is 15.0 Å². The van der Waals surface area contributed by atoms with Crippen molar-refractivity contribution in [3.63, 3.8) is 0 Å². The first-order valence-electron chi connectivity index (χ1n) is 9.62. The van der Waals surface area contributed by atoms with E-state index >= 15 is 0 Å². The van der Waals surface area contributed by atoms with Crippen molar-refractivity contribution in [1.82, 2.24) is 15.0 Å². The number of hydroxylamine groups is 2. The van der Waals surface area contributed by atoms with Gasteiger partial charge in [0.05, 0.1) is 24.3 Å². The van der Waals surface area contributed by atoms with Gasteiger partial charge in [-0.1, -0.05) is 12.1 Å². The van der Waals surface area contributed by atoms with Crippen LogP contribution in [0.1, 0.15) is 42.1 Å². The van der Waals surface area contributed by atoms with Crippen LogP contribution in [-0.4, -0.2) is 40.6 Å². The first-order valence-corrected chi connectivity index (χ1v) is 9.62. The van der Waals surface area contributed by atoms with Crippen LogP contribution in [0.3, 0.4) is 0 Å². The zero-order chi connectivity index (χ0) is 20.2. The number of piperidine rings is 1. The molecule has 29 heavy (non-hydrogen) atoms. The van der Waals surface area contributed by atoms with E-state index in [1.807, 2.05) is 24.3 Å². The molecule has 146 valence electrons. The van der Waals surface area contributed by atoms with Gasteiger partial charge in [-0.05, 0) is 30.5 Å². The van der Waals surface area contributed by atoms with E-state index in [-0.39, 0.29) is 17.9 Å². The fourth-order valence-corrected chi connectivity index (χ4v) is 3.92. The van der Waals surface area contributed by atoms with Crippen LogP contribution in [-0.2, 0) is 9.63 Å². The summed E-state index contributed by atoms with van der Waals surface area (Å²) < 4.78 is 0. The molecule has 2 aliphatic heterocycles. The smallest absolute Gasteiger partial charge is 0.249 e. The van der Waals surface area contributed by atoms with Crippen LogP contribution in [0.5, 0.6) is 0 Å². The molecular weight excluding hydrogens is 368 g/mol. The summed E-state index contributed by atoms with van der Waals surface area (Å²) in [5.41, 5.74) is 1.84. The summed E-state index contributed by atoms with van der Waals surface area (Å²) in [5.74, 6) is 0.587. The first kappa shape index (κ1) is 18.9. The van der Waals surface area contributed by atoms with E-state index in [0.717, 1.165) is 12.0 Å². The van der Waals surface area contributed by atoms with Gasteiger partial charge in [-0.2, -0.15) is 10.5 Å². The highest BCUT2D eigenvalue weighted by molar-refractivity contribution is 5.79. The SMILES string of the molecule is N#Cc1cccc([C@@H]2CCON2C(=O)C2CCN(c3cc(C#N)ncn3)CC2)c1. The molecule has 2 fully saturated rings. The van der Waals surface area contributed by atoms with Crippen LogP contribution in [0, 0.1) is 28.6 Å². The Morgan fingerprint density at radius 3 is 2.69 bits per heavy atom. The maximum atomic E-state index is 13.1. The molecule has 8 nitrogen and oxygen atoms in total. The number of carbonyl (C=O) groups is 1. The van der Waals surface area contributed by atoms with Crippen LogP contribution >= 0.6 is 0 Å². The van der Waals surface area contributed by atoms with E-state index in [9.17, 15) is 4.79 Å². The van der Waals surface area contributed by atoms with Crippen molar-refractivity contribution < 1.29 is 9.63 Å². The summed E-state index contributed by atoms with van der Waals surface area (Å²) in [5, 5.41) is 19.7. The van der Waals surface area contributed by atoms with Crippen molar-refractivity contribution in [2.75, 3.05) is 24.6 Å². The number of aromatic nitrogens is 2. The number of benzene rings is 1. The lowest BCUT2D eigenvalue weighted by Crippen LogP contribution is -2.42. The third kappa shape index (κ3) is 3.89. The fraction of sp³-hybridized carbons (Fsp3) is 0.381. The number of hydrogen-bond donors (Lipinski definition) is 0. The Morgan fingerprint density at radius 2 is 1.93 bits per heavy atom. The molecule has 0 radical (unpaired) electrons. The molecule has 2 saturated heterocycles. The number of nitriles is 2.